The molecule has 13 heavy (non-hydrogen) atoms. The lowest BCUT2D eigenvalue weighted by Gasteiger charge is -2.36. The molecule has 0 heterocycles. The van der Waals surface area contributed by atoms with Crippen LogP contribution in [0.3, 0.4) is 0 Å². The Labute approximate surface area is 88.8 Å². The first-order valence-corrected chi connectivity index (χ1v) is 17.4. The van der Waals surface area contributed by atoms with E-state index in [0.29, 0.717) is 0 Å². The van der Waals surface area contributed by atoms with Crippen LogP contribution in [0.2, 0.25) is 45.8 Å². The van der Waals surface area contributed by atoms with E-state index in [4.69, 9.17) is 8.23 Å². The van der Waals surface area contributed by atoms with Crippen LogP contribution >= 0.6 is 0 Å². The van der Waals surface area contributed by atoms with Crippen LogP contribution in [-0.4, -0.2) is 34.5 Å². The van der Waals surface area contributed by atoms with E-state index in [1.54, 1.807) is 0 Å². The van der Waals surface area contributed by atoms with Crippen molar-refractivity contribution in [2.45, 2.75) is 45.8 Å². The van der Waals surface area contributed by atoms with Gasteiger partial charge in [-0.3, -0.25) is 0 Å². The third-order valence-corrected chi connectivity index (χ3v) is 11.8. The lowest BCUT2D eigenvalue weighted by atomic mass is 11.8. The molecule has 6 heteroatoms. The predicted octanol–water partition coefficient (Wildman–Crippen LogP) is 1.62. The van der Waals surface area contributed by atoms with E-state index in [9.17, 15) is 0 Å². The zero-order chi connectivity index (χ0) is 10.9. The highest BCUT2D eigenvalue weighted by Gasteiger charge is 2.35. The van der Waals surface area contributed by atoms with Crippen LogP contribution in [0.4, 0.5) is 0 Å². The zero-order valence-electron chi connectivity index (χ0n) is 10.3. The van der Waals surface area contributed by atoms with E-state index in [1.165, 1.54) is 9.76 Å². The van der Waals surface area contributed by atoms with Gasteiger partial charge in [-0.2, -0.15) is 0 Å². The minimum atomic E-state index is -1.82. The summed E-state index contributed by atoms with van der Waals surface area (Å²) >= 11 is 0. The molecule has 0 radical (unpaired) electrons. The minimum absolute atomic E-state index is 1.19. The van der Waals surface area contributed by atoms with E-state index in [-0.39, 0.29) is 0 Å². The molecule has 0 aliphatic heterocycles. The van der Waals surface area contributed by atoms with Crippen LogP contribution < -0.4 is 0 Å². The topological polar surface area (TPSA) is 18.5 Å². The first-order valence-electron chi connectivity index (χ1n) is 4.82. The molecule has 0 aromatic heterocycles. The smallest absolute Gasteiger partial charge is 0.310 e. The molecule has 0 amide bonds. The Bertz CT molecular complexity index is 150. The molecule has 0 unspecified atom stereocenters. The van der Waals surface area contributed by atoms with Crippen molar-refractivity contribution < 1.29 is 8.23 Å². The van der Waals surface area contributed by atoms with Crippen molar-refractivity contribution in [1.82, 2.24) is 0 Å². The maximum absolute atomic E-state index is 6.15. The fourth-order valence-electron chi connectivity index (χ4n) is 1.50. The molecule has 0 bridgehead atoms. The van der Waals surface area contributed by atoms with E-state index in [1.807, 2.05) is 0 Å². The second kappa shape index (κ2) is 4.11. The summed E-state index contributed by atoms with van der Waals surface area (Å²) in [7, 11) is -3.34. The largest absolute Gasteiger partial charge is 0.440 e. The fraction of sp³-hybridized carbons (Fsp3) is 1.00. The summed E-state index contributed by atoms with van der Waals surface area (Å²) < 4.78 is 12.3. The van der Waals surface area contributed by atoms with Crippen molar-refractivity contribution in [2.24, 2.45) is 0 Å². The SMILES string of the molecule is C[Si](C)(C)O[Si](C)(C)O[Si](C)(C)[SiH3]. The summed E-state index contributed by atoms with van der Waals surface area (Å²) in [4.78, 5) is 0. The second-order valence-electron chi connectivity index (χ2n) is 5.83. The third kappa shape index (κ3) is 9.10. The van der Waals surface area contributed by atoms with Gasteiger partial charge in [-0.1, -0.05) is 0 Å². The summed E-state index contributed by atoms with van der Waals surface area (Å²) in [5.74, 6) is 0. The van der Waals surface area contributed by atoms with Gasteiger partial charge in [0.2, 0.25) is 0 Å². The normalized spacial score (nSPS) is 15.0. The van der Waals surface area contributed by atoms with E-state index >= 15 is 0 Å². The van der Waals surface area contributed by atoms with Crippen molar-refractivity contribution in [3.63, 3.8) is 0 Å². The highest BCUT2D eigenvalue weighted by molar-refractivity contribution is 7.14. The Morgan fingerprint density at radius 1 is 0.769 bits per heavy atom. The molecular formula is C7H24O2Si4. The predicted molar refractivity (Wildman–Crippen MR) is 70.4 cm³/mol. The Kier molecular flexibility index (Phi) is 4.36. The standard InChI is InChI=1S/C7H24O2Si4/c1-11(2,3)8-12(4,5)9-13(6,7)10/h1-7,10H3. The third-order valence-electron chi connectivity index (χ3n) is 1.10. The average Bonchev–Trinajstić information content (AvgIpc) is 1.43. The monoisotopic (exact) mass is 252 g/mol. The Balaban J connectivity index is 4.25. The van der Waals surface area contributed by atoms with Gasteiger partial charge in [0.05, 0.1) is 0 Å². The molecule has 0 aromatic rings. The molecular weight excluding hydrogens is 228 g/mol. The molecule has 0 fully saturated rings. The van der Waals surface area contributed by atoms with Crippen LogP contribution in [0.15, 0.2) is 0 Å². The fourth-order valence-corrected chi connectivity index (χ4v) is 18.3. The highest BCUT2D eigenvalue weighted by atomic mass is 29.2. The number of hydrogen-bond donors (Lipinski definition) is 0. The van der Waals surface area contributed by atoms with Gasteiger partial charge in [-0.15, -0.1) is 0 Å². The van der Waals surface area contributed by atoms with Gasteiger partial charge < -0.3 is 8.23 Å². The van der Waals surface area contributed by atoms with Crippen LogP contribution in [0, 0.1) is 0 Å². The lowest BCUT2D eigenvalue weighted by molar-refractivity contribution is 0.401. The number of rotatable bonds is 4. The summed E-state index contributed by atoms with van der Waals surface area (Å²) in [6.07, 6.45) is 0. The van der Waals surface area contributed by atoms with Gasteiger partial charge in [-0.25, -0.2) is 0 Å². The maximum atomic E-state index is 6.15. The quantitative estimate of drug-likeness (QED) is 0.708. The molecule has 0 aromatic carbocycles. The molecule has 0 rings (SSSR count). The van der Waals surface area contributed by atoms with Crippen LogP contribution in [-0.2, 0) is 8.23 Å². The van der Waals surface area contributed by atoms with Crippen molar-refractivity contribution in [2.75, 3.05) is 0 Å². The van der Waals surface area contributed by atoms with Gasteiger partial charge in [0.1, 0.15) is 0 Å². The molecule has 2 nitrogen and oxygen atoms in total. The Morgan fingerprint density at radius 2 is 1.15 bits per heavy atom. The van der Waals surface area contributed by atoms with Gasteiger partial charge in [0, 0.05) is 9.76 Å². The molecule has 80 valence electrons. The van der Waals surface area contributed by atoms with Gasteiger partial charge in [0.25, 0.3) is 0 Å². The molecule has 0 atom stereocenters. The highest BCUT2D eigenvalue weighted by Crippen LogP contribution is 2.18. The van der Waals surface area contributed by atoms with E-state index in [0.717, 1.165) is 0 Å². The molecule has 0 spiro atoms. The van der Waals surface area contributed by atoms with Crippen LogP contribution in [0.25, 0.3) is 0 Å². The summed E-state index contributed by atoms with van der Waals surface area (Å²) in [5.41, 5.74) is 0. The van der Waals surface area contributed by atoms with Crippen molar-refractivity contribution in [3.05, 3.63) is 0 Å². The maximum Gasteiger partial charge on any atom is 0.310 e. The number of hydrogen-bond acceptors (Lipinski definition) is 2. The zero-order valence-corrected chi connectivity index (χ0v) is 15.3. The molecule has 0 aliphatic rings. The second-order valence-corrected chi connectivity index (χ2v) is 25.9. The van der Waals surface area contributed by atoms with Crippen molar-refractivity contribution in [3.8, 4) is 0 Å². The van der Waals surface area contributed by atoms with Crippen molar-refractivity contribution >= 4 is 34.5 Å². The average molecular weight is 253 g/mol. The minimum Gasteiger partial charge on any atom is -0.440 e. The first kappa shape index (κ1) is 13.8. The van der Waals surface area contributed by atoms with Gasteiger partial charge in [0.15, 0.2) is 16.2 Å². The van der Waals surface area contributed by atoms with E-state index in [2.05, 4.69) is 45.8 Å². The Hall–Kier alpha value is 0.788. The molecule has 0 saturated carbocycles. The molecule has 0 aliphatic carbocycles. The molecule has 0 saturated heterocycles. The lowest BCUT2D eigenvalue weighted by Crippen LogP contribution is -2.51. The van der Waals surface area contributed by atoms with E-state index < -0.39 is 24.7 Å². The summed E-state index contributed by atoms with van der Waals surface area (Å²) in [6.45, 7) is 15.6. The molecule has 0 N–H and O–H groups in total. The summed E-state index contributed by atoms with van der Waals surface area (Å²) in [6, 6.07) is 0. The van der Waals surface area contributed by atoms with Gasteiger partial charge >= 0.3 is 8.56 Å². The van der Waals surface area contributed by atoms with Crippen LogP contribution in [0.1, 0.15) is 0 Å². The first-order chi connectivity index (χ1) is 5.41. The van der Waals surface area contributed by atoms with Gasteiger partial charge in [-0.05, 0) is 45.8 Å². The summed E-state index contributed by atoms with van der Waals surface area (Å²) in [5, 5.41) is 0. The van der Waals surface area contributed by atoms with Crippen LogP contribution in [0.5, 0.6) is 0 Å². The van der Waals surface area contributed by atoms with Crippen molar-refractivity contribution in [1.29, 1.82) is 0 Å². The Morgan fingerprint density at radius 3 is 1.38 bits per heavy atom.